The first kappa shape index (κ1) is 13.3. The lowest BCUT2D eigenvalue weighted by atomic mass is 10.0. The second kappa shape index (κ2) is 6.19. The van der Waals surface area contributed by atoms with Gasteiger partial charge in [-0.2, -0.15) is 0 Å². The number of likely N-dealkylation sites (tertiary alicyclic amines) is 1. The molecular weight excluding hydrogens is 290 g/mol. The fourth-order valence-electron chi connectivity index (χ4n) is 2.24. The van der Waals surface area contributed by atoms with Gasteiger partial charge in [0.1, 0.15) is 5.78 Å². The minimum Gasteiger partial charge on any atom is -0.374 e. The number of rotatable bonds is 3. The summed E-state index contributed by atoms with van der Waals surface area (Å²) < 4.78 is 1.08. The molecule has 0 N–H and O–H groups in total. The maximum Gasteiger partial charge on any atom is 0.140 e. The maximum atomic E-state index is 11.6. The third-order valence-corrected chi connectivity index (χ3v) is 3.89. The molecule has 0 bridgehead atoms. The van der Waals surface area contributed by atoms with Crippen LogP contribution in [-0.4, -0.2) is 23.8 Å². The zero-order valence-corrected chi connectivity index (χ0v) is 12.2. The normalized spacial score (nSPS) is 18.4. The van der Waals surface area contributed by atoms with Crippen LogP contribution < -0.4 is 0 Å². The summed E-state index contributed by atoms with van der Waals surface area (Å²) in [5, 5.41) is 0. The Labute approximate surface area is 117 Å². The first-order chi connectivity index (χ1) is 8.70. The second-order valence-corrected chi connectivity index (χ2v) is 5.46. The number of hydrogen-bond acceptors (Lipinski definition) is 2. The molecule has 96 valence electrons. The van der Waals surface area contributed by atoms with Crippen molar-refractivity contribution < 1.29 is 4.79 Å². The molecule has 2 nitrogen and oxygen atoms in total. The maximum absolute atomic E-state index is 11.6. The van der Waals surface area contributed by atoms with Gasteiger partial charge in [0, 0.05) is 36.1 Å². The van der Waals surface area contributed by atoms with Crippen molar-refractivity contribution in [3.63, 3.8) is 0 Å². The zero-order valence-electron chi connectivity index (χ0n) is 10.7. The Bertz CT molecular complexity index is 467. The Morgan fingerprint density at radius 1 is 1.39 bits per heavy atom. The summed E-state index contributed by atoms with van der Waals surface area (Å²) in [6.45, 7) is 4.07. The smallest absolute Gasteiger partial charge is 0.140 e. The SMILES string of the molecule is CCCN1CCC(=O)CC1=Cc1ccccc1Br. The van der Waals surface area contributed by atoms with Gasteiger partial charge in [-0.15, -0.1) is 0 Å². The van der Waals surface area contributed by atoms with Gasteiger partial charge in [-0.1, -0.05) is 41.1 Å². The van der Waals surface area contributed by atoms with E-state index >= 15 is 0 Å². The standard InChI is InChI=1S/C15H18BrNO/c1-2-8-17-9-7-14(18)11-13(17)10-12-5-3-4-6-15(12)16/h3-6,10H,2,7-9,11H2,1H3. The van der Waals surface area contributed by atoms with E-state index < -0.39 is 0 Å². The molecule has 1 saturated heterocycles. The predicted octanol–water partition coefficient (Wildman–Crippen LogP) is 3.86. The van der Waals surface area contributed by atoms with Crippen molar-refractivity contribution in [1.29, 1.82) is 0 Å². The monoisotopic (exact) mass is 307 g/mol. The minimum absolute atomic E-state index is 0.348. The van der Waals surface area contributed by atoms with Gasteiger partial charge in [0.25, 0.3) is 0 Å². The van der Waals surface area contributed by atoms with Crippen LogP contribution in [0, 0.1) is 0 Å². The fraction of sp³-hybridized carbons (Fsp3) is 0.400. The average molecular weight is 308 g/mol. The Kier molecular flexibility index (Phi) is 4.59. The van der Waals surface area contributed by atoms with E-state index in [4.69, 9.17) is 0 Å². The van der Waals surface area contributed by atoms with Gasteiger partial charge in [-0.25, -0.2) is 0 Å². The van der Waals surface area contributed by atoms with Crippen molar-refractivity contribution in [2.75, 3.05) is 13.1 Å². The third-order valence-electron chi connectivity index (χ3n) is 3.17. The summed E-state index contributed by atoms with van der Waals surface area (Å²) in [6.07, 6.45) is 4.51. The molecule has 0 atom stereocenters. The molecular formula is C15H18BrNO. The molecule has 0 amide bonds. The Morgan fingerprint density at radius 3 is 2.89 bits per heavy atom. The van der Waals surface area contributed by atoms with Crippen molar-refractivity contribution in [1.82, 2.24) is 4.90 Å². The van der Waals surface area contributed by atoms with Crippen molar-refractivity contribution in [2.45, 2.75) is 26.2 Å². The number of Topliss-reactive ketones (excluding diaryl/α,β-unsaturated/α-hetero) is 1. The van der Waals surface area contributed by atoms with E-state index in [-0.39, 0.29) is 0 Å². The molecule has 18 heavy (non-hydrogen) atoms. The van der Waals surface area contributed by atoms with Crippen molar-refractivity contribution in [2.24, 2.45) is 0 Å². The molecule has 1 aromatic carbocycles. The molecule has 1 heterocycles. The highest BCUT2D eigenvalue weighted by Crippen LogP contribution is 2.24. The first-order valence-electron chi connectivity index (χ1n) is 6.42. The minimum atomic E-state index is 0.348. The van der Waals surface area contributed by atoms with Crippen LogP contribution in [0.1, 0.15) is 31.7 Å². The van der Waals surface area contributed by atoms with E-state index in [0.29, 0.717) is 18.6 Å². The third kappa shape index (κ3) is 3.22. The summed E-state index contributed by atoms with van der Waals surface area (Å²) in [6, 6.07) is 8.12. The number of hydrogen-bond donors (Lipinski definition) is 0. The lowest BCUT2D eigenvalue weighted by Gasteiger charge is -2.31. The van der Waals surface area contributed by atoms with E-state index in [1.54, 1.807) is 0 Å². The number of ketones is 1. The van der Waals surface area contributed by atoms with Crippen molar-refractivity contribution in [3.8, 4) is 0 Å². The van der Waals surface area contributed by atoms with Crippen LogP contribution in [0.4, 0.5) is 0 Å². The van der Waals surface area contributed by atoms with E-state index in [0.717, 1.165) is 35.2 Å². The summed E-state index contributed by atoms with van der Waals surface area (Å²) in [7, 11) is 0. The molecule has 3 heteroatoms. The van der Waals surface area contributed by atoms with Crippen LogP contribution in [0.5, 0.6) is 0 Å². The van der Waals surface area contributed by atoms with Crippen LogP contribution in [-0.2, 0) is 4.79 Å². The Hall–Kier alpha value is -1.09. The van der Waals surface area contributed by atoms with Gasteiger partial charge < -0.3 is 4.90 Å². The summed E-state index contributed by atoms with van der Waals surface area (Å²) >= 11 is 3.55. The number of carbonyl (C=O) groups excluding carboxylic acids is 1. The number of piperidine rings is 1. The highest BCUT2D eigenvalue weighted by Gasteiger charge is 2.19. The summed E-state index contributed by atoms with van der Waals surface area (Å²) in [4.78, 5) is 14.0. The number of allylic oxidation sites excluding steroid dienone is 1. The lowest BCUT2D eigenvalue weighted by molar-refractivity contribution is -0.120. The summed E-state index contributed by atoms with van der Waals surface area (Å²) in [5.74, 6) is 0.348. The molecule has 0 aliphatic carbocycles. The van der Waals surface area contributed by atoms with Crippen LogP contribution in [0.2, 0.25) is 0 Å². The van der Waals surface area contributed by atoms with Gasteiger partial charge in [0.2, 0.25) is 0 Å². The van der Waals surface area contributed by atoms with Crippen LogP contribution in [0.25, 0.3) is 6.08 Å². The molecule has 1 aromatic rings. The average Bonchev–Trinajstić information content (AvgIpc) is 2.36. The molecule has 1 aliphatic heterocycles. The van der Waals surface area contributed by atoms with Crippen LogP contribution in [0.3, 0.4) is 0 Å². The van der Waals surface area contributed by atoms with E-state index in [2.05, 4.69) is 39.9 Å². The van der Waals surface area contributed by atoms with Gasteiger partial charge in [0.15, 0.2) is 0 Å². The highest BCUT2D eigenvalue weighted by molar-refractivity contribution is 9.10. The zero-order chi connectivity index (χ0) is 13.0. The molecule has 0 saturated carbocycles. The fourth-order valence-corrected chi connectivity index (χ4v) is 2.64. The lowest BCUT2D eigenvalue weighted by Crippen LogP contribution is -2.32. The van der Waals surface area contributed by atoms with Crippen LogP contribution in [0.15, 0.2) is 34.4 Å². The molecule has 2 rings (SSSR count). The molecule has 1 fully saturated rings. The number of nitrogens with zero attached hydrogens (tertiary/aromatic N) is 1. The molecule has 0 spiro atoms. The van der Waals surface area contributed by atoms with Crippen molar-refractivity contribution >= 4 is 27.8 Å². The Balaban J connectivity index is 2.27. The quantitative estimate of drug-likeness (QED) is 0.845. The largest absolute Gasteiger partial charge is 0.374 e. The van der Waals surface area contributed by atoms with Gasteiger partial charge >= 0.3 is 0 Å². The molecule has 1 aliphatic rings. The van der Waals surface area contributed by atoms with Gasteiger partial charge in [-0.05, 0) is 24.1 Å². The predicted molar refractivity (Wildman–Crippen MR) is 78.2 cm³/mol. The number of carbonyl (C=O) groups is 1. The van der Waals surface area contributed by atoms with E-state index in [1.807, 2.05) is 18.2 Å². The Morgan fingerprint density at radius 2 is 2.17 bits per heavy atom. The molecule has 0 radical (unpaired) electrons. The van der Waals surface area contributed by atoms with Crippen LogP contribution >= 0.6 is 15.9 Å². The van der Waals surface area contributed by atoms with Gasteiger partial charge in [0.05, 0.1) is 0 Å². The van der Waals surface area contributed by atoms with Gasteiger partial charge in [-0.3, -0.25) is 4.79 Å². The topological polar surface area (TPSA) is 20.3 Å². The molecule has 0 unspecified atom stereocenters. The van der Waals surface area contributed by atoms with E-state index in [9.17, 15) is 4.79 Å². The highest BCUT2D eigenvalue weighted by atomic mass is 79.9. The summed E-state index contributed by atoms with van der Waals surface area (Å²) in [5.41, 5.74) is 2.29. The van der Waals surface area contributed by atoms with Crippen molar-refractivity contribution in [3.05, 3.63) is 40.0 Å². The number of halogens is 1. The molecule has 0 aromatic heterocycles. The second-order valence-electron chi connectivity index (χ2n) is 4.61. The number of benzene rings is 1. The first-order valence-corrected chi connectivity index (χ1v) is 7.21. The van der Waals surface area contributed by atoms with E-state index in [1.165, 1.54) is 0 Å².